The summed E-state index contributed by atoms with van der Waals surface area (Å²) in [6, 6.07) is 12.4. The van der Waals surface area contributed by atoms with Gasteiger partial charge in [0.1, 0.15) is 5.84 Å². The van der Waals surface area contributed by atoms with Crippen molar-refractivity contribution in [3.63, 3.8) is 0 Å². The predicted octanol–water partition coefficient (Wildman–Crippen LogP) is 2.57. The zero-order chi connectivity index (χ0) is 21.6. The Morgan fingerprint density at radius 1 is 1.10 bits per heavy atom. The van der Waals surface area contributed by atoms with Crippen molar-refractivity contribution in [3.8, 4) is 0 Å². The van der Waals surface area contributed by atoms with Crippen LogP contribution in [0.1, 0.15) is 29.6 Å². The molecule has 8 nitrogen and oxygen atoms in total. The van der Waals surface area contributed by atoms with Gasteiger partial charge in [-0.05, 0) is 48.9 Å². The van der Waals surface area contributed by atoms with Crippen LogP contribution in [0.15, 0.2) is 58.4 Å². The quantitative estimate of drug-likeness (QED) is 0.603. The molecule has 0 saturated heterocycles. The monoisotopic (exact) mass is 448 g/mol. The van der Waals surface area contributed by atoms with Gasteiger partial charge in [-0.1, -0.05) is 17.7 Å². The Morgan fingerprint density at radius 2 is 1.87 bits per heavy atom. The van der Waals surface area contributed by atoms with Gasteiger partial charge in [0.15, 0.2) is 0 Å². The lowest BCUT2D eigenvalue weighted by atomic mass is 10.2. The Bertz CT molecular complexity index is 1070. The maximum Gasteiger partial charge on any atom is 0.262 e. The lowest BCUT2D eigenvalue weighted by Crippen LogP contribution is -2.29. The molecular formula is C20H21ClN4O4S. The van der Waals surface area contributed by atoms with Gasteiger partial charge in [-0.25, -0.2) is 8.42 Å². The molecule has 1 aliphatic rings. The van der Waals surface area contributed by atoms with Crippen LogP contribution in [-0.2, 0) is 14.8 Å². The van der Waals surface area contributed by atoms with Gasteiger partial charge in [-0.3, -0.25) is 19.3 Å². The van der Waals surface area contributed by atoms with Crippen LogP contribution in [0.3, 0.4) is 0 Å². The number of sulfonamides is 1. The van der Waals surface area contributed by atoms with Crippen molar-refractivity contribution >= 4 is 45.0 Å². The number of hydrogen-bond donors (Lipinski definition) is 3. The van der Waals surface area contributed by atoms with E-state index in [-0.39, 0.29) is 29.7 Å². The van der Waals surface area contributed by atoms with Crippen LogP contribution in [-0.4, -0.2) is 39.2 Å². The number of anilines is 1. The highest BCUT2D eigenvalue weighted by Gasteiger charge is 2.18. The minimum Gasteiger partial charge on any atom is -0.352 e. The summed E-state index contributed by atoms with van der Waals surface area (Å²) in [5.41, 5.74) is 0.789. The molecule has 10 heteroatoms. The second-order valence-electron chi connectivity index (χ2n) is 6.63. The van der Waals surface area contributed by atoms with E-state index >= 15 is 0 Å². The number of rotatable bonds is 7. The molecule has 0 aliphatic carbocycles. The molecule has 0 atom stereocenters. The van der Waals surface area contributed by atoms with Crippen molar-refractivity contribution in [1.29, 1.82) is 0 Å². The van der Waals surface area contributed by atoms with Crippen molar-refractivity contribution in [2.45, 2.75) is 24.2 Å². The number of amides is 2. The lowest BCUT2D eigenvalue weighted by Gasteiger charge is -2.10. The van der Waals surface area contributed by atoms with Gasteiger partial charge in [0, 0.05) is 42.2 Å². The molecule has 2 aromatic rings. The van der Waals surface area contributed by atoms with E-state index in [9.17, 15) is 18.0 Å². The fourth-order valence-electron chi connectivity index (χ4n) is 2.79. The van der Waals surface area contributed by atoms with Gasteiger partial charge in [0.05, 0.1) is 4.90 Å². The minimum absolute atomic E-state index is 0.0331. The van der Waals surface area contributed by atoms with E-state index in [1.54, 1.807) is 36.4 Å². The fraction of sp³-hybridized carbons (Fsp3) is 0.250. The number of nitrogens with zero attached hydrogens (tertiary/aromatic N) is 1. The topological polar surface area (TPSA) is 117 Å². The van der Waals surface area contributed by atoms with Crippen LogP contribution in [0.25, 0.3) is 0 Å². The number of hydrogen-bond acceptors (Lipinski definition) is 5. The molecule has 3 rings (SSSR count). The number of carbonyl (C=O) groups excluding carboxylic acids is 2. The van der Waals surface area contributed by atoms with Crippen LogP contribution in [0.4, 0.5) is 5.69 Å². The van der Waals surface area contributed by atoms with Gasteiger partial charge >= 0.3 is 0 Å². The fourth-order valence-corrected chi connectivity index (χ4v) is 4.05. The van der Waals surface area contributed by atoms with Crippen LogP contribution >= 0.6 is 11.6 Å². The summed E-state index contributed by atoms with van der Waals surface area (Å²) in [7, 11) is -3.76. The van der Waals surface area contributed by atoms with Gasteiger partial charge in [0.25, 0.3) is 15.9 Å². The molecular weight excluding hydrogens is 428 g/mol. The summed E-state index contributed by atoms with van der Waals surface area (Å²) >= 11 is 5.79. The van der Waals surface area contributed by atoms with Crippen LogP contribution in [0, 0.1) is 0 Å². The molecule has 1 aliphatic heterocycles. The molecule has 0 unspecified atom stereocenters. The zero-order valence-electron chi connectivity index (χ0n) is 16.0. The van der Waals surface area contributed by atoms with E-state index in [0.717, 1.165) is 6.42 Å². The molecule has 3 N–H and O–H groups in total. The van der Waals surface area contributed by atoms with E-state index in [2.05, 4.69) is 20.3 Å². The highest BCUT2D eigenvalue weighted by atomic mass is 35.5. The largest absolute Gasteiger partial charge is 0.352 e. The number of halogens is 1. The molecule has 0 radical (unpaired) electrons. The maximum absolute atomic E-state index is 12.5. The minimum atomic E-state index is -3.76. The number of nitrogens with one attached hydrogen (secondary N) is 3. The SMILES string of the molecule is O=C(CCNC(=O)c1ccc(Cl)cc1)Nc1cccc(S(=O)(=O)NC2=NCCC2)c1. The van der Waals surface area contributed by atoms with E-state index in [4.69, 9.17) is 11.6 Å². The number of amidine groups is 1. The average Bonchev–Trinajstić information content (AvgIpc) is 3.21. The summed E-state index contributed by atoms with van der Waals surface area (Å²) < 4.78 is 27.4. The van der Waals surface area contributed by atoms with Gasteiger partial charge in [-0.2, -0.15) is 0 Å². The first kappa shape index (κ1) is 21.8. The number of aliphatic imine (C=N–C) groups is 1. The van der Waals surface area contributed by atoms with Crippen molar-refractivity contribution in [1.82, 2.24) is 10.0 Å². The molecule has 30 heavy (non-hydrogen) atoms. The molecule has 0 spiro atoms. The van der Waals surface area contributed by atoms with Crippen LogP contribution < -0.4 is 15.4 Å². The normalized spacial score (nSPS) is 13.4. The lowest BCUT2D eigenvalue weighted by molar-refractivity contribution is -0.116. The first-order valence-corrected chi connectivity index (χ1v) is 11.2. The third-order valence-corrected chi connectivity index (χ3v) is 5.93. The first-order valence-electron chi connectivity index (χ1n) is 9.33. The smallest absolute Gasteiger partial charge is 0.262 e. The highest BCUT2D eigenvalue weighted by Crippen LogP contribution is 2.16. The standard InChI is InChI=1S/C20H21ClN4O4S/c21-15-8-6-14(7-9-15)20(27)23-12-10-19(26)24-16-3-1-4-17(13-16)30(28,29)25-18-5-2-11-22-18/h1,3-4,6-9,13H,2,5,10-12H2,(H,22,25)(H,23,27)(H,24,26). The molecule has 0 aromatic heterocycles. The van der Waals surface area contributed by atoms with Crippen molar-refractivity contribution in [2.75, 3.05) is 18.4 Å². The van der Waals surface area contributed by atoms with Gasteiger partial charge in [-0.15, -0.1) is 0 Å². The molecule has 2 amide bonds. The van der Waals surface area contributed by atoms with Crippen LogP contribution in [0.5, 0.6) is 0 Å². The summed E-state index contributed by atoms with van der Waals surface area (Å²) in [6.07, 6.45) is 1.45. The van der Waals surface area contributed by atoms with Crippen LogP contribution in [0.2, 0.25) is 5.02 Å². The van der Waals surface area contributed by atoms with Gasteiger partial charge < -0.3 is 10.6 Å². The average molecular weight is 449 g/mol. The van der Waals surface area contributed by atoms with Crippen molar-refractivity contribution in [3.05, 3.63) is 59.1 Å². The zero-order valence-corrected chi connectivity index (χ0v) is 17.6. The van der Waals surface area contributed by atoms with E-state index in [0.29, 0.717) is 35.1 Å². The Kier molecular flexibility index (Phi) is 7.07. The summed E-state index contributed by atoms with van der Waals surface area (Å²) in [6.45, 7) is 0.745. The van der Waals surface area contributed by atoms with Gasteiger partial charge in [0.2, 0.25) is 5.91 Å². The second-order valence-corrected chi connectivity index (χ2v) is 8.75. The Labute approximate surface area is 179 Å². The number of benzene rings is 2. The van der Waals surface area contributed by atoms with E-state index < -0.39 is 10.0 Å². The van der Waals surface area contributed by atoms with E-state index in [1.807, 2.05) is 0 Å². The summed E-state index contributed by atoms with van der Waals surface area (Å²) in [4.78, 5) is 28.3. The third kappa shape index (κ3) is 6.04. The Hall–Kier alpha value is -2.91. The molecule has 0 bridgehead atoms. The highest BCUT2D eigenvalue weighted by molar-refractivity contribution is 7.90. The predicted molar refractivity (Wildman–Crippen MR) is 115 cm³/mol. The maximum atomic E-state index is 12.5. The first-order chi connectivity index (χ1) is 14.3. The Morgan fingerprint density at radius 3 is 2.57 bits per heavy atom. The summed E-state index contributed by atoms with van der Waals surface area (Å²) in [5, 5.41) is 5.82. The summed E-state index contributed by atoms with van der Waals surface area (Å²) in [5.74, 6) is -0.219. The molecule has 0 saturated carbocycles. The molecule has 1 heterocycles. The molecule has 0 fully saturated rings. The molecule has 2 aromatic carbocycles. The van der Waals surface area contributed by atoms with E-state index in [1.165, 1.54) is 12.1 Å². The Balaban J connectivity index is 1.52. The molecule has 158 valence electrons. The third-order valence-electron chi connectivity index (χ3n) is 4.30. The van der Waals surface area contributed by atoms with Crippen molar-refractivity contribution in [2.24, 2.45) is 4.99 Å². The number of carbonyl (C=O) groups is 2. The second kappa shape index (κ2) is 9.73. The van der Waals surface area contributed by atoms with Crippen molar-refractivity contribution < 1.29 is 18.0 Å².